The van der Waals surface area contributed by atoms with Gasteiger partial charge in [-0.3, -0.25) is 4.79 Å². The fourth-order valence-electron chi connectivity index (χ4n) is 3.66. The number of nitrogens with zero attached hydrogens (tertiary/aromatic N) is 3. The molecule has 0 saturated heterocycles. The first-order chi connectivity index (χ1) is 21.8. The zero-order valence-corrected chi connectivity index (χ0v) is 24.6. The Hall–Kier alpha value is -5.04. The topological polar surface area (TPSA) is 180 Å². The molecule has 6 N–H and O–H groups in total. The zero-order valence-electron chi connectivity index (χ0n) is 24.6. The smallest absolute Gasteiger partial charge is 0.490 e. The van der Waals surface area contributed by atoms with Crippen LogP contribution in [-0.4, -0.2) is 88.6 Å². The zero-order chi connectivity index (χ0) is 35.5. The van der Waals surface area contributed by atoms with Crippen molar-refractivity contribution < 1.29 is 60.1 Å². The van der Waals surface area contributed by atoms with Gasteiger partial charge in [0.05, 0.1) is 17.4 Å². The molecule has 0 spiro atoms. The number of alkyl halides is 6. The van der Waals surface area contributed by atoms with Crippen molar-refractivity contribution in [2.45, 2.75) is 31.4 Å². The Kier molecular flexibility index (Phi) is 13.4. The molecule has 256 valence electrons. The summed E-state index contributed by atoms with van der Waals surface area (Å²) < 4.78 is 83.1. The third-order valence-corrected chi connectivity index (χ3v) is 5.94. The Balaban J connectivity index is 0.000000459. The number of nitrogens with two attached hydrogens (primary N) is 1. The van der Waals surface area contributed by atoms with Crippen LogP contribution in [0.3, 0.4) is 0 Å². The second-order valence-corrected chi connectivity index (χ2v) is 9.81. The molecule has 2 aromatic carbocycles. The molecule has 12 nitrogen and oxygen atoms in total. The van der Waals surface area contributed by atoms with E-state index in [9.17, 15) is 35.5 Å². The van der Waals surface area contributed by atoms with Crippen LogP contribution >= 0.6 is 0 Å². The Morgan fingerprint density at radius 3 is 2.17 bits per heavy atom. The molecule has 0 bridgehead atoms. The van der Waals surface area contributed by atoms with Gasteiger partial charge in [-0.1, -0.05) is 12.1 Å². The lowest BCUT2D eigenvalue weighted by molar-refractivity contribution is -0.193. The van der Waals surface area contributed by atoms with Gasteiger partial charge in [0, 0.05) is 24.8 Å². The normalized spacial score (nSPS) is 14.0. The highest BCUT2D eigenvalue weighted by Crippen LogP contribution is 2.31. The minimum absolute atomic E-state index is 0.181. The Bertz CT molecular complexity index is 1530. The molecule has 0 unspecified atom stereocenters. The van der Waals surface area contributed by atoms with Crippen molar-refractivity contribution in [2.24, 2.45) is 0 Å². The van der Waals surface area contributed by atoms with Crippen LogP contribution in [0.1, 0.15) is 11.1 Å². The van der Waals surface area contributed by atoms with E-state index in [2.05, 4.69) is 20.6 Å². The molecule has 0 aliphatic carbocycles. The first kappa shape index (κ1) is 38.1. The van der Waals surface area contributed by atoms with Gasteiger partial charge in [-0.2, -0.15) is 26.3 Å². The van der Waals surface area contributed by atoms with Crippen molar-refractivity contribution in [3.05, 3.63) is 65.6 Å². The predicted octanol–water partition coefficient (Wildman–Crippen LogP) is 3.72. The van der Waals surface area contributed by atoms with Gasteiger partial charge in [0.25, 0.3) is 0 Å². The summed E-state index contributed by atoms with van der Waals surface area (Å²) in [4.78, 5) is 41.0. The minimum atomic E-state index is -5.08. The van der Waals surface area contributed by atoms with E-state index in [4.69, 9.17) is 30.3 Å². The second kappa shape index (κ2) is 16.5. The quantitative estimate of drug-likeness (QED) is 0.230. The number of aliphatic carboxylic acids is 2. The number of benzene rings is 2. The van der Waals surface area contributed by atoms with Gasteiger partial charge in [0.2, 0.25) is 11.9 Å². The number of carbonyl (C=O) groups excluding carboxylic acids is 1. The van der Waals surface area contributed by atoms with Gasteiger partial charge in [-0.25, -0.2) is 23.9 Å². The molecular formula is C28H29F7N6O6. The average molecular weight is 679 g/mol. The predicted molar refractivity (Wildman–Crippen MR) is 153 cm³/mol. The lowest BCUT2D eigenvalue weighted by Crippen LogP contribution is -2.44. The third kappa shape index (κ3) is 12.7. The van der Waals surface area contributed by atoms with E-state index in [1.54, 1.807) is 24.4 Å². The molecular weight excluding hydrogens is 649 g/mol. The number of nitrogen functional groups attached to an aromatic ring is 1. The van der Waals surface area contributed by atoms with E-state index in [0.29, 0.717) is 43.2 Å². The number of rotatable bonds is 7. The van der Waals surface area contributed by atoms with Crippen LogP contribution in [0.15, 0.2) is 48.7 Å². The maximum absolute atomic E-state index is 13.6. The number of carboxylic acid groups (broad SMARTS) is 2. The highest BCUT2D eigenvalue weighted by Gasteiger charge is 2.39. The molecule has 1 aromatic heterocycles. The van der Waals surface area contributed by atoms with E-state index >= 15 is 0 Å². The van der Waals surface area contributed by atoms with Crippen LogP contribution in [-0.2, 0) is 27.3 Å². The molecule has 1 amide bonds. The van der Waals surface area contributed by atoms with Crippen LogP contribution in [0, 0.1) is 5.82 Å². The summed E-state index contributed by atoms with van der Waals surface area (Å²) in [6.45, 7) is 1.66. The number of carboxylic acids is 2. The monoisotopic (exact) mass is 678 g/mol. The van der Waals surface area contributed by atoms with E-state index < -0.39 is 30.3 Å². The minimum Gasteiger partial charge on any atom is -0.490 e. The van der Waals surface area contributed by atoms with E-state index in [1.165, 1.54) is 12.1 Å². The number of hydrogen-bond donors (Lipinski definition) is 5. The van der Waals surface area contributed by atoms with Crippen LogP contribution in [0.5, 0.6) is 5.75 Å². The molecule has 1 atom stereocenters. The molecule has 0 radical (unpaired) electrons. The van der Waals surface area contributed by atoms with Crippen molar-refractivity contribution in [3.8, 4) is 17.0 Å². The summed E-state index contributed by atoms with van der Waals surface area (Å²) in [7, 11) is 3.92. The Morgan fingerprint density at radius 2 is 1.62 bits per heavy atom. The van der Waals surface area contributed by atoms with Gasteiger partial charge in [-0.15, -0.1) is 0 Å². The summed E-state index contributed by atoms with van der Waals surface area (Å²) in [6, 6.07) is 11.4. The first-order valence-corrected chi connectivity index (χ1v) is 13.2. The number of anilines is 2. The van der Waals surface area contributed by atoms with Gasteiger partial charge in [0.1, 0.15) is 18.2 Å². The molecule has 1 aliphatic heterocycles. The van der Waals surface area contributed by atoms with Crippen molar-refractivity contribution in [1.29, 1.82) is 0 Å². The van der Waals surface area contributed by atoms with Gasteiger partial charge in [0.15, 0.2) is 0 Å². The fourth-order valence-corrected chi connectivity index (χ4v) is 3.66. The average Bonchev–Trinajstić information content (AvgIpc) is 2.97. The fraction of sp³-hybridized carbons (Fsp3) is 0.321. The standard InChI is InChI=1S/C24H27FN6O2.2C2HF3O2/c1-31(2)9-10-33-22-13-15(19-7-8-27-24(26)30-19)4-6-20(22)29-23(32)21-12-17-11-18(25)5-3-16(17)14-28-21;2*3-2(4,5)1(6)7/h3-8,11,13,21,28H,9-10,12,14H2,1-2H3,(H,29,32)(H2,26,27,30);2*(H,6,7)/t21-;;/m0../s1. The van der Waals surface area contributed by atoms with Crippen molar-refractivity contribution in [1.82, 2.24) is 20.2 Å². The van der Waals surface area contributed by atoms with Crippen molar-refractivity contribution >= 4 is 29.5 Å². The highest BCUT2D eigenvalue weighted by atomic mass is 19.4. The molecule has 1 aliphatic rings. The number of carbonyl (C=O) groups is 3. The number of fused-ring (bicyclic) bond motifs is 1. The maximum atomic E-state index is 13.6. The van der Waals surface area contributed by atoms with E-state index in [-0.39, 0.29) is 17.7 Å². The summed E-state index contributed by atoms with van der Waals surface area (Å²) in [5, 5.41) is 20.4. The maximum Gasteiger partial charge on any atom is 0.490 e. The number of nitrogens with one attached hydrogen (secondary N) is 2. The van der Waals surface area contributed by atoms with Gasteiger partial charge in [-0.05, 0) is 62.0 Å². The number of halogens is 7. The summed E-state index contributed by atoms with van der Waals surface area (Å²) in [5.74, 6) is -5.31. The summed E-state index contributed by atoms with van der Waals surface area (Å²) in [5.41, 5.74) is 9.57. The third-order valence-electron chi connectivity index (χ3n) is 5.94. The lowest BCUT2D eigenvalue weighted by Gasteiger charge is -2.26. The molecule has 4 rings (SSSR count). The lowest BCUT2D eigenvalue weighted by atomic mass is 9.95. The van der Waals surface area contributed by atoms with Gasteiger partial charge >= 0.3 is 24.3 Å². The van der Waals surface area contributed by atoms with Crippen LogP contribution in [0.2, 0.25) is 0 Å². The number of aromatic nitrogens is 2. The Morgan fingerprint density at radius 1 is 1.00 bits per heavy atom. The molecule has 19 heteroatoms. The number of hydrogen-bond acceptors (Lipinski definition) is 9. The molecule has 0 saturated carbocycles. The second-order valence-electron chi connectivity index (χ2n) is 9.81. The van der Waals surface area contributed by atoms with Crippen molar-refractivity contribution in [2.75, 3.05) is 38.3 Å². The van der Waals surface area contributed by atoms with Crippen molar-refractivity contribution in [3.63, 3.8) is 0 Å². The van der Waals surface area contributed by atoms with Crippen LogP contribution in [0.4, 0.5) is 42.4 Å². The van der Waals surface area contributed by atoms with E-state index in [0.717, 1.165) is 16.7 Å². The molecule has 2 heterocycles. The first-order valence-electron chi connectivity index (χ1n) is 13.2. The van der Waals surface area contributed by atoms with Crippen LogP contribution in [0.25, 0.3) is 11.3 Å². The largest absolute Gasteiger partial charge is 0.490 e. The Labute approximate surface area is 262 Å². The molecule has 0 fully saturated rings. The van der Waals surface area contributed by atoms with Gasteiger partial charge < -0.3 is 36.2 Å². The molecule has 47 heavy (non-hydrogen) atoms. The summed E-state index contributed by atoms with van der Waals surface area (Å²) >= 11 is 0. The number of likely N-dealkylation sites (N-methyl/N-ethyl adjacent to an activating group) is 1. The number of ether oxygens (including phenoxy) is 1. The van der Waals surface area contributed by atoms with E-state index in [1.807, 2.05) is 31.1 Å². The van der Waals surface area contributed by atoms with Crippen LogP contribution < -0.4 is 21.1 Å². The molecule has 3 aromatic rings. The SMILES string of the molecule is CN(C)CCOc1cc(-c2ccnc(N)n2)ccc1NC(=O)[C@@H]1Cc2cc(F)ccc2CN1.O=C(O)C(F)(F)F.O=C(O)C(F)(F)F. The number of amides is 1. The summed E-state index contributed by atoms with van der Waals surface area (Å²) in [6.07, 6.45) is -8.16. The highest BCUT2D eigenvalue weighted by molar-refractivity contribution is 5.96.